The fourth-order valence-electron chi connectivity index (χ4n) is 2.25. The zero-order valence-electron chi connectivity index (χ0n) is 15.2. The first-order chi connectivity index (χ1) is 14.2. The largest absolute Gasteiger partial charge is 0.461 e. The average molecular weight is 457 g/mol. The third-order valence-corrected chi connectivity index (χ3v) is 4.39. The van der Waals surface area contributed by atoms with Crippen LogP contribution in [0.25, 0.3) is 0 Å². The number of nitro groups is 2. The van der Waals surface area contributed by atoms with Crippen LogP contribution in [0.1, 0.15) is 24.0 Å². The normalized spacial score (nSPS) is 10.3. The molecule has 10 nitrogen and oxygen atoms in total. The van der Waals surface area contributed by atoms with Crippen LogP contribution in [0.5, 0.6) is 0 Å². The van der Waals surface area contributed by atoms with E-state index in [1.54, 1.807) is 0 Å². The third kappa shape index (κ3) is 6.68. The van der Waals surface area contributed by atoms with Crippen molar-refractivity contribution in [3.05, 3.63) is 77.8 Å². The summed E-state index contributed by atoms with van der Waals surface area (Å²) < 4.78 is 9.94. The van der Waals surface area contributed by atoms with Crippen LogP contribution in [0.3, 0.4) is 0 Å². The maximum absolute atomic E-state index is 11.8. The van der Waals surface area contributed by atoms with Gasteiger partial charge in [0, 0.05) is 12.1 Å². The maximum atomic E-state index is 11.8. The van der Waals surface area contributed by atoms with Crippen LogP contribution < -0.4 is 0 Å². The molecule has 0 saturated heterocycles. The quantitative estimate of drug-likeness (QED) is 0.307. The molecule has 12 heteroatoms. The molecular weight excluding hydrogens is 443 g/mol. The fraction of sp³-hybridized carbons (Fsp3) is 0.222. The van der Waals surface area contributed by atoms with E-state index in [1.165, 1.54) is 36.4 Å². The maximum Gasteiger partial charge on any atom is 0.306 e. The van der Waals surface area contributed by atoms with Gasteiger partial charge in [-0.2, -0.15) is 0 Å². The van der Waals surface area contributed by atoms with Crippen molar-refractivity contribution >= 4 is 46.5 Å². The summed E-state index contributed by atoms with van der Waals surface area (Å²) in [4.78, 5) is 43.9. The summed E-state index contributed by atoms with van der Waals surface area (Å²) in [5.41, 5.74) is 0.116. The highest BCUT2D eigenvalue weighted by Crippen LogP contribution is 2.26. The summed E-state index contributed by atoms with van der Waals surface area (Å²) in [6.07, 6.45) is -0.537. The van der Waals surface area contributed by atoms with Crippen LogP contribution in [-0.4, -0.2) is 21.8 Å². The Hall–Kier alpha value is -3.24. The Bertz CT molecular complexity index is 917. The van der Waals surface area contributed by atoms with Gasteiger partial charge < -0.3 is 9.47 Å². The van der Waals surface area contributed by atoms with Crippen molar-refractivity contribution in [3.63, 3.8) is 0 Å². The van der Waals surface area contributed by atoms with Crippen LogP contribution in [0.2, 0.25) is 10.0 Å². The standard InChI is InChI=1S/C18H14Cl2N2O8/c19-13-3-1-11(7-15(13)21(25)26)9-29-17(23)5-6-18(24)30-10-12-2-4-14(20)16(8-12)22(27)28/h1-4,7-8H,5-6,9-10H2. The summed E-state index contributed by atoms with van der Waals surface area (Å²) in [5.74, 6) is -1.40. The van der Waals surface area contributed by atoms with Gasteiger partial charge in [0.2, 0.25) is 0 Å². The van der Waals surface area contributed by atoms with Gasteiger partial charge in [-0.1, -0.05) is 35.3 Å². The van der Waals surface area contributed by atoms with E-state index in [9.17, 15) is 29.8 Å². The number of rotatable bonds is 9. The van der Waals surface area contributed by atoms with Gasteiger partial charge in [-0.3, -0.25) is 29.8 Å². The number of hydrogen-bond donors (Lipinski definition) is 0. The minimum absolute atomic E-state index is 0.0381. The number of carbonyl (C=O) groups excluding carboxylic acids is 2. The van der Waals surface area contributed by atoms with E-state index in [0.29, 0.717) is 11.1 Å². The Labute approximate surface area is 179 Å². The lowest BCUT2D eigenvalue weighted by Crippen LogP contribution is -2.10. The van der Waals surface area contributed by atoms with Gasteiger partial charge in [0.1, 0.15) is 23.3 Å². The van der Waals surface area contributed by atoms with Gasteiger partial charge in [-0.15, -0.1) is 0 Å². The lowest BCUT2D eigenvalue weighted by molar-refractivity contribution is -0.384. The molecule has 2 aromatic rings. The second-order valence-corrected chi connectivity index (χ2v) is 6.72. The monoisotopic (exact) mass is 456 g/mol. The highest BCUT2D eigenvalue weighted by Gasteiger charge is 2.16. The van der Waals surface area contributed by atoms with E-state index in [2.05, 4.69) is 0 Å². The first-order valence-corrected chi connectivity index (χ1v) is 9.10. The molecule has 0 spiro atoms. The molecule has 0 fully saturated rings. The van der Waals surface area contributed by atoms with Gasteiger partial charge in [0.05, 0.1) is 22.7 Å². The highest BCUT2D eigenvalue weighted by molar-refractivity contribution is 6.33. The van der Waals surface area contributed by atoms with Gasteiger partial charge in [0.15, 0.2) is 0 Å². The fourth-order valence-corrected chi connectivity index (χ4v) is 2.63. The minimum Gasteiger partial charge on any atom is -0.461 e. The molecule has 0 radical (unpaired) electrons. The molecule has 2 rings (SSSR count). The zero-order valence-corrected chi connectivity index (χ0v) is 16.7. The van der Waals surface area contributed by atoms with Crippen LogP contribution in [0.4, 0.5) is 11.4 Å². The van der Waals surface area contributed by atoms with Crippen LogP contribution in [-0.2, 0) is 32.3 Å². The number of esters is 2. The number of halogens is 2. The third-order valence-electron chi connectivity index (χ3n) is 3.75. The molecule has 0 aromatic heterocycles. The van der Waals surface area contributed by atoms with Crippen molar-refractivity contribution in [2.75, 3.05) is 0 Å². The van der Waals surface area contributed by atoms with Crippen molar-refractivity contribution in [3.8, 4) is 0 Å². The van der Waals surface area contributed by atoms with Crippen LogP contribution >= 0.6 is 23.2 Å². The van der Waals surface area contributed by atoms with E-state index < -0.39 is 21.8 Å². The number of ether oxygens (including phenoxy) is 2. The smallest absolute Gasteiger partial charge is 0.306 e. The molecule has 0 saturated carbocycles. The molecule has 158 valence electrons. The number of carbonyl (C=O) groups is 2. The Kier molecular flexibility index (Phi) is 8.07. The summed E-state index contributed by atoms with van der Waals surface area (Å²) >= 11 is 11.4. The van der Waals surface area contributed by atoms with Crippen molar-refractivity contribution in [1.29, 1.82) is 0 Å². The van der Waals surface area contributed by atoms with Crippen molar-refractivity contribution < 1.29 is 28.9 Å². The number of hydrogen-bond acceptors (Lipinski definition) is 8. The second kappa shape index (κ2) is 10.5. The van der Waals surface area contributed by atoms with E-state index in [1.807, 2.05) is 0 Å². The summed E-state index contributed by atoms with van der Waals surface area (Å²) in [6, 6.07) is 7.97. The zero-order chi connectivity index (χ0) is 22.3. The van der Waals surface area contributed by atoms with Crippen molar-refractivity contribution in [2.45, 2.75) is 26.1 Å². The molecule has 2 aromatic carbocycles. The number of nitrogens with zero attached hydrogens (tertiary/aromatic N) is 2. The van der Waals surface area contributed by atoms with Crippen molar-refractivity contribution in [2.24, 2.45) is 0 Å². The van der Waals surface area contributed by atoms with E-state index >= 15 is 0 Å². The predicted octanol–water partition coefficient (Wildman–Crippen LogP) is 4.38. The van der Waals surface area contributed by atoms with E-state index in [0.717, 1.165) is 0 Å². The molecule has 0 aliphatic heterocycles. The van der Waals surface area contributed by atoms with E-state index in [-0.39, 0.29) is 47.5 Å². The Morgan fingerprint density at radius 1 is 0.767 bits per heavy atom. The molecule has 0 heterocycles. The number of nitro benzene ring substituents is 2. The molecule has 30 heavy (non-hydrogen) atoms. The Morgan fingerprint density at radius 3 is 1.47 bits per heavy atom. The molecule has 0 bridgehead atoms. The molecule has 0 atom stereocenters. The molecule has 0 N–H and O–H groups in total. The van der Waals surface area contributed by atoms with Crippen LogP contribution in [0.15, 0.2) is 36.4 Å². The van der Waals surface area contributed by atoms with Gasteiger partial charge in [-0.05, 0) is 23.3 Å². The second-order valence-electron chi connectivity index (χ2n) is 5.91. The van der Waals surface area contributed by atoms with Gasteiger partial charge in [-0.25, -0.2) is 0 Å². The van der Waals surface area contributed by atoms with Crippen molar-refractivity contribution in [1.82, 2.24) is 0 Å². The highest BCUT2D eigenvalue weighted by atomic mass is 35.5. The SMILES string of the molecule is O=C(CCC(=O)OCc1ccc(Cl)c([N+](=O)[O-])c1)OCc1ccc(Cl)c([N+](=O)[O-])c1. The summed E-state index contributed by atoms with van der Waals surface area (Å²) in [6.45, 7) is -0.444. The molecule has 0 aliphatic carbocycles. The molecule has 0 unspecified atom stereocenters. The van der Waals surface area contributed by atoms with Crippen LogP contribution in [0, 0.1) is 20.2 Å². The number of benzene rings is 2. The average Bonchev–Trinajstić information content (AvgIpc) is 2.70. The van der Waals surface area contributed by atoms with Gasteiger partial charge >= 0.3 is 11.9 Å². The molecule has 0 aliphatic rings. The summed E-state index contributed by atoms with van der Waals surface area (Å²) in [5, 5.41) is 21.6. The molecular formula is C18H14Cl2N2O8. The minimum atomic E-state index is -0.702. The molecule has 0 amide bonds. The Balaban J connectivity index is 1.78. The predicted molar refractivity (Wildman–Crippen MR) is 105 cm³/mol. The first kappa shape index (κ1) is 23.0. The topological polar surface area (TPSA) is 139 Å². The lowest BCUT2D eigenvalue weighted by atomic mass is 10.2. The summed E-state index contributed by atoms with van der Waals surface area (Å²) in [7, 11) is 0. The van der Waals surface area contributed by atoms with Gasteiger partial charge in [0.25, 0.3) is 11.4 Å². The Morgan fingerprint density at radius 2 is 1.13 bits per heavy atom. The lowest BCUT2D eigenvalue weighted by Gasteiger charge is -2.07. The first-order valence-electron chi connectivity index (χ1n) is 8.34. The van der Waals surface area contributed by atoms with E-state index in [4.69, 9.17) is 32.7 Å².